The molecule has 0 spiro atoms. The van der Waals surface area contributed by atoms with Crippen LogP contribution in [-0.4, -0.2) is 11.1 Å². The van der Waals surface area contributed by atoms with Crippen molar-refractivity contribution >= 4 is 29.3 Å². The molecule has 0 unspecified atom stereocenters. The number of rotatable bonds is 4. The average Bonchev–Trinajstić information content (AvgIpc) is 2.37. The van der Waals surface area contributed by atoms with Crippen LogP contribution in [0.4, 0.5) is 0 Å². The highest BCUT2D eigenvalue weighted by Gasteiger charge is 2.10. The van der Waals surface area contributed by atoms with Gasteiger partial charge in [0, 0.05) is 15.7 Å². The van der Waals surface area contributed by atoms with Gasteiger partial charge < -0.3 is 5.11 Å². The summed E-state index contributed by atoms with van der Waals surface area (Å²) in [6.45, 7) is 0. The fourth-order valence-electron chi connectivity index (χ4n) is 1.53. The van der Waals surface area contributed by atoms with E-state index in [1.807, 2.05) is 30.3 Å². The molecule has 2 aromatic rings. The Kier molecular flexibility index (Phi) is 4.28. The van der Waals surface area contributed by atoms with Crippen LogP contribution in [0.15, 0.2) is 53.4 Å². The maximum atomic E-state index is 11.1. The molecule has 0 aliphatic carbocycles. The van der Waals surface area contributed by atoms with Crippen LogP contribution in [0.2, 0.25) is 5.02 Å². The van der Waals surface area contributed by atoms with Crippen LogP contribution >= 0.6 is 23.4 Å². The largest absolute Gasteiger partial charge is 0.478 e. The predicted octanol–water partition coefficient (Wildman–Crippen LogP) is 4.33. The second-order valence-corrected chi connectivity index (χ2v) is 5.17. The number of hydrogen-bond donors (Lipinski definition) is 1. The van der Waals surface area contributed by atoms with Crippen LogP contribution in [0.3, 0.4) is 0 Å². The van der Waals surface area contributed by atoms with Crippen molar-refractivity contribution in [1.29, 1.82) is 0 Å². The summed E-state index contributed by atoms with van der Waals surface area (Å²) in [4.78, 5) is 11.8. The fourth-order valence-corrected chi connectivity index (χ4v) is 2.80. The van der Waals surface area contributed by atoms with Crippen LogP contribution in [-0.2, 0) is 5.75 Å². The van der Waals surface area contributed by atoms with Crippen LogP contribution in [0, 0.1) is 0 Å². The van der Waals surface area contributed by atoms with Crippen molar-refractivity contribution in [3.05, 3.63) is 64.7 Å². The third kappa shape index (κ3) is 3.28. The van der Waals surface area contributed by atoms with Gasteiger partial charge in [0.1, 0.15) is 0 Å². The second-order valence-electron chi connectivity index (χ2n) is 3.72. The Labute approximate surface area is 115 Å². The fraction of sp³-hybridized carbons (Fsp3) is 0.0714. The minimum atomic E-state index is -0.928. The van der Waals surface area contributed by atoms with Gasteiger partial charge in [0.25, 0.3) is 0 Å². The first-order chi connectivity index (χ1) is 8.66. The molecule has 4 heteroatoms. The molecule has 1 N–H and O–H groups in total. The minimum Gasteiger partial charge on any atom is -0.478 e. The third-order valence-electron chi connectivity index (χ3n) is 2.41. The molecule has 0 fully saturated rings. The molecule has 0 saturated heterocycles. The predicted molar refractivity (Wildman–Crippen MR) is 74.4 cm³/mol. The summed E-state index contributed by atoms with van der Waals surface area (Å²) in [6, 6.07) is 14.7. The van der Waals surface area contributed by atoms with Gasteiger partial charge in [0.05, 0.1) is 5.56 Å². The molecule has 2 rings (SSSR count). The van der Waals surface area contributed by atoms with E-state index in [4.69, 9.17) is 16.7 Å². The molecule has 0 amide bonds. The van der Waals surface area contributed by atoms with Gasteiger partial charge in [-0.25, -0.2) is 4.79 Å². The molecule has 0 aliphatic heterocycles. The normalized spacial score (nSPS) is 10.3. The summed E-state index contributed by atoms with van der Waals surface area (Å²) < 4.78 is 0. The second kappa shape index (κ2) is 5.94. The standard InChI is InChI=1S/C14H11ClO2S/c15-11-6-7-12(14(16)17)13(8-11)18-9-10-4-2-1-3-5-10/h1-8H,9H2,(H,16,17). The Morgan fingerprint density at radius 2 is 1.89 bits per heavy atom. The number of thioether (sulfide) groups is 1. The Hall–Kier alpha value is -1.45. The van der Waals surface area contributed by atoms with Crippen molar-refractivity contribution in [1.82, 2.24) is 0 Å². The Morgan fingerprint density at radius 1 is 1.17 bits per heavy atom. The van der Waals surface area contributed by atoms with Gasteiger partial charge in [-0.05, 0) is 23.8 Å². The van der Waals surface area contributed by atoms with Crippen LogP contribution in [0.1, 0.15) is 15.9 Å². The van der Waals surface area contributed by atoms with Crippen LogP contribution in [0.5, 0.6) is 0 Å². The molecular formula is C14H11ClO2S. The van der Waals surface area contributed by atoms with Gasteiger partial charge in [-0.2, -0.15) is 0 Å². The van der Waals surface area contributed by atoms with Crippen molar-refractivity contribution in [3.63, 3.8) is 0 Å². The number of hydrogen-bond acceptors (Lipinski definition) is 2. The van der Waals surface area contributed by atoms with Crippen molar-refractivity contribution in [2.75, 3.05) is 0 Å². The minimum absolute atomic E-state index is 0.292. The van der Waals surface area contributed by atoms with Crippen LogP contribution < -0.4 is 0 Å². The molecule has 2 nitrogen and oxygen atoms in total. The maximum absolute atomic E-state index is 11.1. The molecule has 18 heavy (non-hydrogen) atoms. The van der Waals surface area contributed by atoms with E-state index in [2.05, 4.69) is 0 Å². The summed E-state index contributed by atoms with van der Waals surface area (Å²) in [5.74, 6) is -0.205. The topological polar surface area (TPSA) is 37.3 Å². The zero-order chi connectivity index (χ0) is 13.0. The quantitative estimate of drug-likeness (QED) is 0.846. The first kappa shape index (κ1) is 13.0. The molecule has 0 saturated carbocycles. The van der Waals surface area contributed by atoms with Gasteiger partial charge in [-0.15, -0.1) is 11.8 Å². The molecule has 0 radical (unpaired) electrons. The summed E-state index contributed by atoms with van der Waals surface area (Å²) in [5, 5.41) is 9.65. The van der Waals surface area contributed by atoms with E-state index in [-0.39, 0.29) is 0 Å². The number of aromatic carboxylic acids is 1. The number of halogens is 1. The maximum Gasteiger partial charge on any atom is 0.336 e. The monoisotopic (exact) mass is 278 g/mol. The lowest BCUT2D eigenvalue weighted by molar-refractivity contribution is 0.0693. The zero-order valence-corrected chi connectivity index (χ0v) is 11.0. The lowest BCUT2D eigenvalue weighted by Crippen LogP contribution is -1.98. The zero-order valence-electron chi connectivity index (χ0n) is 9.47. The Morgan fingerprint density at radius 3 is 2.56 bits per heavy atom. The van der Waals surface area contributed by atoms with Gasteiger partial charge >= 0.3 is 5.97 Å². The van der Waals surface area contributed by atoms with Gasteiger partial charge in [-0.3, -0.25) is 0 Å². The summed E-state index contributed by atoms with van der Waals surface area (Å²) in [7, 11) is 0. The van der Waals surface area contributed by atoms with E-state index in [1.54, 1.807) is 12.1 Å². The van der Waals surface area contributed by atoms with Gasteiger partial charge in [0.2, 0.25) is 0 Å². The van der Waals surface area contributed by atoms with Gasteiger partial charge in [-0.1, -0.05) is 41.9 Å². The van der Waals surface area contributed by atoms with Crippen molar-refractivity contribution in [2.24, 2.45) is 0 Å². The number of carbonyl (C=O) groups is 1. The highest BCUT2D eigenvalue weighted by Crippen LogP contribution is 2.29. The van der Waals surface area contributed by atoms with E-state index in [0.717, 1.165) is 11.3 Å². The highest BCUT2D eigenvalue weighted by atomic mass is 35.5. The molecule has 2 aromatic carbocycles. The van der Waals surface area contributed by atoms with Crippen molar-refractivity contribution < 1.29 is 9.90 Å². The molecular weight excluding hydrogens is 268 g/mol. The summed E-state index contributed by atoms with van der Waals surface area (Å²) in [6.07, 6.45) is 0. The van der Waals surface area contributed by atoms with Crippen LogP contribution in [0.25, 0.3) is 0 Å². The average molecular weight is 279 g/mol. The molecule has 0 heterocycles. The van der Waals surface area contributed by atoms with E-state index in [1.165, 1.54) is 17.8 Å². The SMILES string of the molecule is O=C(O)c1ccc(Cl)cc1SCc1ccccc1. The number of benzene rings is 2. The molecule has 0 atom stereocenters. The first-order valence-electron chi connectivity index (χ1n) is 5.36. The smallest absolute Gasteiger partial charge is 0.336 e. The first-order valence-corrected chi connectivity index (χ1v) is 6.73. The highest BCUT2D eigenvalue weighted by molar-refractivity contribution is 7.98. The lowest BCUT2D eigenvalue weighted by atomic mass is 10.2. The van der Waals surface area contributed by atoms with Crippen molar-refractivity contribution in [2.45, 2.75) is 10.6 Å². The molecule has 0 aliphatic rings. The number of carboxylic acids is 1. The van der Waals surface area contributed by atoms with E-state index in [9.17, 15) is 4.79 Å². The number of carboxylic acid groups (broad SMARTS) is 1. The van der Waals surface area contributed by atoms with E-state index >= 15 is 0 Å². The van der Waals surface area contributed by atoms with Crippen molar-refractivity contribution in [3.8, 4) is 0 Å². The third-order valence-corrected chi connectivity index (χ3v) is 3.77. The summed E-state index contributed by atoms with van der Waals surface area (Å²) >= 11 is 7.37. The van der Waals surface area contributed by atoms with E-state index in [0.29, 0.717) is 15.5 Å². The molecule has 0 bridgehead atoms. The molecule has 92 valence electrons. The van der Waals surface area contributed by atoms with Gasteiger partial charge in [0.15, 0.2) is 0 Å². The Balaban J connectivity index is 2.18. The molecule has 0 aromatic heterocycles. The Bertz CT molecular complexity index is 555. The van der Waals surface area contributed by atoms with E-state index < -0.39 is 5.97 Å². The summed E-state index contributed by atoms with van der Waals surface area (Å²) in [5.41, 5.74) is 1.44. The lowest BCUT2D eigenvalue weighted by Gasteiger charge is -2.06.